The van der Waals surface area contributed by atoms with Crippen molar-refractivity contribution < 1.29 is 14.5 Å². The first kappa shape index (κ1) is 17.6. The average molecular weight is 367 g/mol. The fourth-order valence-electron chi connectivity index (χ4n) is 2.82. The fraction of sp³-hybridized carbons (Fsp3) is 0.500. The van der Waals surface area contributed by atoms with Crippen LogP contribution in [0, 0.1) is 10.1 Å². The highest BCUT2D eigenvalue weighted by Crippen LogP contribution is 2.24. The third-order valence-electron chi connectivity index (χ3n) is 4.35. The minimum Gasteiger partial charge on any atom is -0.352 e. The van der Waals surface area contributed by atoms with Gasteiger partial charge in [0.1, 0.15) is 5.56 Å². The van der Waals surface area contributed by atoms with Crippen LogP contribution in [0.4, 0.5) is 5.69 Å². The van der Waals surface area contributed by atoms with Crippen molar-refractivity contribution in [2.45, 2.75) is 18.9 Å². The summed E-state index contributed by atoms with van der Waals surface area (Å²) in [5.41, 5.74) is -0.252. The van der Waals surface area contributed by atoms with Crippen LogP contribution in [0.15, 0.2) is 18.2 Å². The first-order valence-electron chi connectivity index (χ1n) is 8.19. The Morgan fingerprint density at radius 3 is 2.52 bits per heavy atom. The minimum absolute atomic E-state index is 0.00238. The molecule has 25 heavy (non-hydrogen) atoms. The van der Waals surface area contributed by atoms with Gasteiger partial charge in [-0.15, -0.1) is 0 Å². The van der Waals surface area contributed by atoms with Gasteiger partial charge in [-0.3, -0.25) is 24.6 Å². The molecular formula is C16H19ClN4O4. The molecule has 0 aromatic heterocycles. The van der Waals surface area contributed by atoms with E-state index in [4.69, 9.17) is 11.6 Å². The van der Waals surface area contributed by atoms with Crippen molar-refractivity contribution in [3.63, 3.8) is 0 Å². The summed E-state index contributed by atoms with van der Waals surface area (Å²) in [5, 5.41) is 14.3. The zero-order chi connectivity index (χ0) is 18.0. The lowest BCUT2D eigenvalue weighted by atomic mass is 10.1. The van der Waals surface area contributed by atoms with Crippen LogP contribution >= 0.6 is 11.6 Å². The molecule has 1 saturated heterocycles. The number of amides is 2. The summed E-state index contributed by atoms with van der Waals surface area (Å²) < 4.78 is 0. The van der Waals surface area contributed by atoms with E-state index >= 15 is 0 Å². The predicted molar refractivity (Wildman–Crippen MR) is 91.6 cm³/mol. The van der Waals surface area contributed by atoms with Gasteiger partial charge in [-0.1, -0.05) is 11.6 Å². The molecule has 8 nitrogen and oxygen atoms in total. The van der Waals surface area contributed by atoms with Gasteiger partial charge >= 0.3 is 0 Å². The number of nitrogens with zero attached hydrogens (tertiary/aromatic N) is 3. The first-order chi connectivity index (χ1) is 11.9. The molecule has 1 heterocycles. The molecule has 2 amide bonds. The standard InChI is InChI=1S/C16H19ClN4O4/c17-11-1-4-14(21(24)25)13(9-11)16(23)20-7-5-19(6-8-20)10-15(22)18-12-2-3-12/h1,4,9,12H,2-3,5-8,10H2,(H,18,22). The smallest absolute Gasteiger partial charge is 0.282 e. The number of carbonyl (C=O) groups excluding carboxylic acids is 2. The van der Waals surface area contributed by atoms with Gasteiger partial charge in [-0.2, -0.15) is 0 Å². The Hall–Kier alpha value is -2.19. The average Bonchev–Trinajstić information content (AvgIpc) is 3.38. The van der Waals surface area contributed by atoms with Gasteiger partial charge in [0.05, 0.1) is 11.5 Å². The number of carbonyl (C=O) groups is 2. The normalized spacial score (nSPS) is 18.0. The first-order valence-corrected chi connectivity index (χ1v) is 8.57. The molecule has 2 fully saturated rings. The molecular weight excluding hydrogens is 348 g/mol. The molecule has 1 aromatic carbocycles. The van der Waals surface area contributed by atoms with E-state index in [1.54, 1.807) is 4.90 Å². The van der Waals surface area contributed by atoms with E-state index in [0.717, 1.165) is 12.8 Å². The molecule has 0 unspecified atom stereocenters. The van der Waals surface area contributed by atoms with Gasteiger partial charge in [0.25, 0.3) is 11.6 Å². The van der Waals surface area contributed by atoms with E-state index in [0.29, 0.717) is 38.8 Å². The summed E-state index contributed by atoms with van der Waals surface area (Å²) in [5.74, 6) is -0.399. The number of rotatable bonds is 5. The van der Waals surface area contributed by atoms with Gasteiger partial charge in [-0.05, 0) is 25.0 Å². The van der Waals surface area contributed by atoms with Crippen molar-refractivity contribution in [2.24, 2.45) is 0 Å². The zero-order valence-corrected chi connectivity index (χ0v) is 14.4. The third-order valence-corrected chi connectivity index (χ3v) is 4.59. The van der Waals surface area contributed by atoms with Crippen LogP contribution in [0.1, 0.15) is 23.2 Å². The highest BCUT2D eigenvalue weighted by Gasteiger charge is 2.29. The Bertz CT molecular complexity index is 699. The highest BCUT2D eigenvalue weighted by molar-refractivity contribution is 6.31. The van der Waals surface area contributed by atoms with Crippen molar-refractivity contribution in [1.29, 1.82) is 0 Å². The van der Waals surface area contributed by atoms with Crippen LogP contribution < -0.4 is 5.32 Å². The van der Waals surface area contributed by atoms with Crippen LogP contribution in [0.25, 0.3) is 0 Å². The summed E-state index contributed by atoms with van der Waals surface area (Å²) in [6.45, 7) is 2.25. The predicted octanol–water partition coefficient (Wildman–Crippen LogP) is 1.28. The highest BCUT2D eigenvalue weighted by atomic mass is 35.5. The lowest BCUT2D eigenvalue weighted by Gasteiger charge is -2.34. The summed E-state index contributed by atoms with van der Waals surface area (Å²) in [4.78, 5) is 38.5. The van der Waals surface area contributed by atoms with E-state index in [-0.39, 0.29) is 22.2 Å². The maximum Gasteiger partial charge on any atom is 0.282 e. The van der Waals surface area contributed by atoms with E-state index in [1.165, 1.54) is 18.2 Å². The Kier molecular flexibility index (Phi) is 5.19. The van der Waals surface area contributed by atoms with Gasteiger partial charge in [0.2, 0.25) is 5.91 Å². The van der Waals surface area contributed by atoms with Gasteiger partial charge < -0.3 is 10.2 Å². The second kappa shape index (κ2) is 7.37. The van der Waals surface area contributed by atoms with Gasteiger partial charge in [0.15, 0.2) is 0 Å². The van der Waals surface area contributed by atoms with Crippen LogP contribution in [-0.4, -0.2) is 65.3 Å². The second-order valence-electron chi connectivity index (χ2n) is 6.33. The van der Waals surface area contributed by atoms with Crippen LogP contribution in [0.3, 0.4) is 0 Å². The molecule has 1 aliphatic carbocycles. The van der Waals surface area contributed by atoms with E-state index in [2.05, 4.69) is 5.32 Å². The van der Waals surface area contributed by atoms with E-state index in [9.17, 15) is 19.7 Å². The molecule has 0 spiro atoms. The molecule has 0 bridgehead atoms. The molecule has 0 atom stereocenters. The quantitative estimate of drug-likeness (QED) is 0.625. The van der Waals surface area contributed by atoms with Crippen molar-refractivity contribution in [1.82, 2.24) is 15.1 Å². The number of hydrogen-bond acceptors (Lipinski definition) is 5. The minimum atomic E-state index is -0.581. The van der Waals surface area contributed by atoms with Crippen molar-refractivity contribution in [3.05, 3.63) is 38.9 Å². The van der Waals surface area contributed by atoms with E-state index < -0.39 is 10.8 Å². The van der Waals surface area contributed by atoms with Crippen molar-refractivity contribution >= 4 is 29.1 Å². The molecule has 2 aliphatic rings. The summed E-state index contributed by atoms with van der Waals surface area (Å²) in [7, 11) is 0. The number of halogens is 1. The topological polar surface area (TPSA) is 95.8 Å². The maximum absolute atomic E-state index is 12.6. The lowest BCUT2D eigenvalue weighted by molar-refractivity contribution is -0.385. The molecule has 1 saturated carbocycles. The Labute approximate surface area is 149 Å². The molecule has 9 heteroatoms. The Morgan fingerprint density at radius 2 is 1.92 bits per heavy atom. The maximum atomic E-state index is 12.6. The number of nitro benzene ring substituents is 1. The largest absolute Gasteiger partial charge is 0.352 e. The number of benzene rings is 1. The van der Waals surface area contributed by atoms with Crippen molar-refractivity contribution in [3.8, 4) is 0 Å². The number of nitro groups is 1. The Morgan fingerprint density at radius 1 is 1.24 bits per heavy atom. The molecule has 1 N–H and O–H groups in total. The second-order valence-corrected chi connectivity index (χ2v) is 6.77. The zero-order valence-electron chi connectivity index (χ0n) is 13.6. The van der Waals surface area contributed by atoms with Crippen LogP contribution in [0.5, 0.6) is 0 Å². The fourth-order valence-corrected chi connectivity index (χ4v) is 2.99. The van der Waals surface area contributed by atoms with Gasteiger partial charge in [0, 0.05) is 43.3 Å². The monoisotopic (exact) mass is 366 g/mol. The van der Waals surface area contributed by atoms with Gasteiger partial charge in [-0.25, -0.2) is 0 Å². The van der Waals surface area contributed by atoms with Crippen LogP contribution in [-0.2, 0) is 4.79 Å². The number of hydrogen-bond donors (Lipinski definition) is 1. The SMILES string of the molecule is O=C(CN1CCN(C(=O)c2cc(Cl)ccc2[N+](=O)[O-])CC1)NC1CC1. The molecule has 1 aliphatic heterocycles. The summed E-state index contributed by atoms with van der Waals surface area (Å²) >= 11 is 5.89. The lowest BCUT2D eigenvalue weighted by Crippen LogP contribution is -2.51. The molecule has 134 valence electrons. The summed E-state index contributed by atoms with van der Waals surface area (Å²) in [6.07, 6.45) is 2.10. The Balaban J connectivity index is 1.59. The third kappa shape index (κ3) is 4.46. The molecule has 3 rings (SSSR count). The van der Waals surface area contributed by atoms with Crippen LogP contribution in [0.2, 0.25) is 5.02 Å². The number of piperazine rings is 1. The molecule has 1 aromatic rings. The van der Waals surface area contributed by atoms with E-state index in [1.807, 2.05) is 4.90 Å². The summed E-state index contributed by atoms with van der Waals surface area (Å²) in [6, 6.07) is 4.30. The number of nitrogens with one attached hydrogen (secondary N) is 1. The molecule has 0 radical (unpaired) electrons. The van der Waals surface area contributed by atoms with Crippen molar-refractivity contribution in [2.75, 3.05) is 32.7 Å².